The van der Waals surface area contributed by atoms with E-state index in [2.05, 4.69) is 15.3 Å². The molecule has 1 aliphatic heterocycles. The van der Waals surface area contributed by atoms with Crippen molar-refractivity contribution < 1.29 is 4.79 Å². The van der Waals surface area contributed by atoms with Crippen molar-refractivity contribution in [1.29, 1.82) is 5.26 Å². The Kier molecular flexibility index (Phi) is 4.96. The van der Waals surface area contributed by atoms with Gasteiger partial charge < -0.3 is 11.1 Å². The fraction of sp³-hybridized carbons (Fsp3) is 0.615. The van der Waals surface area contributed by atoms with Crippen molar-refractivity contribution in [1.82, 2.24) is 20.0 Å². The monoisotopic (exact) mass is 276 g/mol. The molecule has 1 saturated heterocycles. The number of nitriles is 1. The van der Waals surface area contributed by atoms with E-state index < -0.39 is 0 Å². The largest absolute Gasteiger partial charge is 0.382 e. The number of nitrogen functional groups attached to an aromatic ring is 1. The molecule has 1 aliphatic rings. The number of aromatic nitrogens is 2. The van der Waals surface area contributed by atoms with E-state index in [0.717, 1.165) is 25.9 Å². The van der Waals surface area contributed by atoms with E-state index in [1.54, 1.807) is 6.07 Å². The molecule has 2 rings (SSSR count). The molecule has 0 spiro atoms. The third-order valence-electron chi connectivity index (χ3n) is 3.49. The molecule has 0 unspecified atom stereocenters. The zero-order valence-electron chi connectivity index (χ0n) is 11.5. The van der Waals surface area contributed by atoms with Crippen molar-refractivity contribution in [2.75, 3.05) is 31.9 Å². The molecule has 0 bridgehead atoms. The predicted molar refractivity (Wildman–Crippen MR) is 74.6 cm³/mol. The highest BCUT2D eigenvalue weighted by Crippen LogP contribution is 2.21. The Morgan fingerprint density at radius 3 is 2.90 bits per heavy atom. The van der Waals surface area contributed by atoms with Gasteiger partial charge in [0.25, 0.3) is 0 Å². The average molecular weight is 276 g/mol. The van der Waals surface area contributed by atoms with Crippen molar-refractivity contribution >= 4 is 11.7 Å². The molecule has 0 aromatic carbocycles. The summed E-state index contributed by atoms with van der Waals surface area (Å²) in [4.78, 5) is 13.8. The highest BCUT2D eigenvalue weighted by molar-refractivity contribution is 5.78. The number of amides is 1. The number of carbonyl (C=O) groups excluding carboxylic acids is 1. The molecule has 7 nitrogen and oxygen atoms in total. The number of nitrogens with two attached hydrogens (primary N) is 1. The Balaban J connectivity index is 1.71. The molecular formula is C13H20N6O. The Bertz CT molecular complexity index is 483. The third kappa shape index (κ3) is 3.96. The molecule has 2 heterocycles. The highest BCUT2D eigenvalue weighted by Gasteiger charge is 2.22. The second kappa shape index (κ2) is 6.91. The molecule has 0 atom stereocenters. The topological polar surface area (TPSA) is 100.0 Å². The number of nitrogens with one attached hydrogen (secondary N) is 1. The molecule has 0 aliphatic carbocycles. The highest BCUT2D eigenvalue weighted by atomic mass is 16.2. The number of piperidine rings is 1. The lowest BCUT2D eigenvalue weighted by Crippen LogP contribution is -2.42. The van der Waals surface area contributed by atoms with Crippen LogP contribution in [0, 0.1) is 11.3 Å². The molecule has 0 radical (unpaired) electrons. The fourth-order valence-electron chi connectivity index (χ4n) is 2.41. The molecule has 20 heavy (non-hydrogen) atoms. The Morgan fingerprint density at radius 2 is 2.30 bits per heavy atom. The van der Waals surface area contributed by atoms with Gasteiger partial charge in [-0.05, 0) is 18.9 Å². The van der Waals surface area contributed by atoms with E-state index in [9.17, 15) is 4.79 Å². The zero-order chi connectivity index (χ0) is 14.4. The number of nitrogens with zero attached hydrogens (tertiary/aromatic N) is 4. The van der Waals surface area contributed by atoms with E-state index >= 15 is 0 Å². The maximum absolute atomic E-state index is 11.6. The Labute approximate surface area is 118 Å². The lowest BCUT2D eigenvalue weighted by atomic mass is 10.1. The van der Waals surface area contributed by atoms with Crippen LogP contribution in [0.2, 0.25) is 0 Å². The SMILES string of the molecule is N#CCCNC(=O)CN1CCC(n2ccc(N)n2)CC1. The van der Waals surface area contributed by atoms with Crippen molar-refractivity contribution in [2.24, 2.45) is 0 Å². The van der Waals surface area contributed by atoms with Gasteiger partial charge in [0.1, 0.15) is 5.82 Å². The van der Waals surface area contributed by atoms with Gasteiger partial charge in [0, 0.05) is 25.8 Å². The van der Waals surface area contributed by atoms with Crippen LogP contribution in [0.25, 0.3) is 0 Å². The lowest BCUT2D eigenvalue weighted by Gasteiger charge is -2.31. The van der Waals surface area contributed by atoms with Crippen molar-refractivity contribution in [3.05, 3.63) is 12.3 Å². The third-order valence-corrected chi connectivity index (χ3v) is 3.49. The Hall–Kier alpha value is -2.07. The standard InChI is InChI=1S/C13H20N6O/c14-5-1-6-16-13(20)10-18-7-2-11(3-8-18)19-9-4-12(15)17-19/h4,9,11H,1-3,6-8,10H2,(H2,15,17)(H,16,20). The van der Waals surface area contributed by atoms with Crippen molar-refractivity contribution in [3.63, 3.8) is 0 Å². The van der Waals surface area contributed by atoms with Crippen LogP contribution < -0.4 is 11.1 Å². The normalized spacial score (nSPS) is 16.8. The summed E-state index contributed by atoms with van der Waals surface area (Å²) >= 11 is 0. The van der Waals surface area contributed by atoms with Crippen LogP contribution in [0.1, 0.15) is 25.3 Å². The van der Waals surface area contributed by atoms with Crippen molar-refractivity contribution in [3.8, 4) is 6.07 Å². The quantitative estimate of drug-likeness (QED) is 0.745. The maximum atomic E-state index is 11.6. The second-order valence-corrected chi connectivity index (χ2v) is 4.99. The smallest absolute Gasteiger partial charge is 0.234 e. The first-order chi connectivity index (χ1) is 9.69. The molecule has 0 saturated carbocycles. The minimum absolute atomic E-state index is 0.0120. The van der Waals surface area contributed by atoms with Crippen LogP contribution >= 0.6 is 0 Å². The number of likely N-dealkylation sites (tertiary alicyclic amines) is 1. The number of carbonyl (C=O) groups is 1. The molecule has 1 fully saturated rings. The van der Waals surface area contributed by atoms with Gasteiger partial charge in [-0.25, -0.2) is 0 Å². The fourth-order valence-corrected chi connectivity index (χ4v) is 2.41. The molecule has 1 amide bonds. The molecule has 1 aromatic rings. The summed E-state index contributed by atoms with van der Waals surface area (Å²) in [5.74, 6) is 0.534. The number of hydrogen-bond acceptors (Lipinski definition) is 5. The van der Waals surface area contributed by atoms with Crippen LogP contribution in [-0.2, 0) is 4.79 Å². The summed E-state index contributed by atoms with van der Waals surface area (Å²) in [5, 5.41) is 15.4. The van der Waals surface area contributed by atoms with Crippen LogP contribution in [0.5, 0.6) is 0 Å². The summed E-state index contributed by atoms with van der Waals surface area (Å²) in [5.41, 5.74) is 5.62. The van der Waals surface area contributed by atoms with Gasteiger partial charge in [-0.3, -0.25) is 14.4 Å². The van der Waals surface area contributed by atoms with Crippen molar-refractivity contribution in [2.45, 2.75) is 25.3 Å². The lowest BCUT2D eigenvalue weighted by molar-refractivity contribution is -0.122. The summed E-state index contributed by atoms with van der Waals surface area (Å²) in [6.45, 7) is 2.57. The van der Waals surface area contributed by atoms with E-state index in [-0.39, 0.29) is 5.91 Å². The maximum Gasteiger partial charge on any atom is 0.234 e. The van der Waals surface area contributed by atoms with Crippen LogP contribution in [0.3, 0.4) is 0 Å². The number of anilines is 1. The summed E-state index contributed by atoms with van der Waals surface area (Å²) < 4.78 is 1.92. The van der Waals surface area contributed by atoms with Crippen LogP contribution in [-0.4, -0.2) is 46.8 Å². The van der Waals surface area contributed by atoms with Gasteiger partial charge in [-0.2, -0.15) is 10.4 Å². The van der Waals surface area contributed by atoms with Gasteiger partial charge >= 0.3 is 0 Å². The minimum Gasteiger partial charge on any atom is -0.382 e. The first-order valence-corrected chi connectivity index (χ1v) is 6.85. The van der Waals surface area contributed by atoms with Gasteiger partial charge in [-0.15, -0.1) is 0 Å². The zero-order valence-corrected chi connectivity index (χ0v) is 11.5. The first-order valence-electron chi connectivity index (χ1n) is 6.85. The molecule has 108 valence electrons. The molecular weight excluding hydrogens is 256 g/mol. The predicted octanol–water partition coefficient (Wildman–Crippen LogP) is 0.132. The summed E-state index contributed by atoms with van der Waals surface area (Å²) in [6.07, 6.45) is 4.19. The molecule has 1 aromatic heterocycles. The minimum atomic E-state index is -0.0120. The first kappa shape index (κ1) is 14.3. The summed E-state index contributed by atoms with van der Waals surface area (Å²) in [6, 6.07) is 4.17. The van der Waals surface area contributed by atoms with Crippen LogP contribution in [0.15, 0.2) is 12.3 Å². The second-order valence-electron chi connectivity index (χ2n) is 4.99. The van der Waals surface area contributed by atoms with Gasteiger partial charge in [-0.1, -0.05) is 0 Å². The van der Waals surface area contributed by atoms with Gasteiger partial charge in [0.05, 0.1) is 25.1 Å². The molecule has 7 heteroatoms. The van der Waals surface area contributed by atoms with Gasteiger partial charge in [0.15, 0.2) is 0 Å². The summed E-state index contributed by atoms with van der Waals surface area (Å²) in [7, 11) is 0. The average Bonchev–Trinajstić information content (AvgIpc) is 2.86. The van der Waals surface area contributed by atoms with E-state index in [1.807, 2.05) is 16.9 Å². The van der Waals surface area contributed by atoms with E-state index in [4.69, 9.17) is 11.0 Å². The number of hydrogen-bond donors (Lipinski definition) is 2. The van der Waals surface area contributed by atoms with Gasteiger partial charge in [0.2, 0.25) is 5.91 Å². The number of rotatable bonds is 5. The molecule has 3 N–H and O–H groups in total. The van der Waals surface area contributed by atoms with Crippen LogP contribution in [0.4, 0.5) is 5.82 Å². The Morgan fingerprint density at radius 1 is 1.55 bits per heavy atom. The van der Waals surface area contributed by atoms with E-state index in [0.29, 0.717) is 31.4 Å². The van der Waals surface area contributed by atoms with E-state index in [1.165, 1.54) is 0 Å².